The Morgan fingerprint density at radius 3 is 2.42 bits per heavy atom. The van der Waals surface area contributed by atoms with Crippen molar-refractivity contribution in [3.05, 3.63) is 35.6 Å². The summed E-state index contributed by atoms with van der Waals surface area (Å²) >= 11 is 11.9. The molecule has 0 N–H and O–H groups in total. The number of carbonyl (C=O) groups is 1. The van der Waals surface area contributed by atoms with Crippen LogP contribution in [0.5, 0.6) is 0 Å². The van der Waals surface area contributed by atoms with Crippen LogP contribution in [0.15, 0.2) is 24.3 Å². The first-order valence-corrected chi connectivity index (χ1v) is 7.06. The van der Waals surface area contributed by atoms with Crippen molar-refractivity contribution in [1.82, 2.24) is 4.90 Å². The Kier molecular flexibility index (Phi) is 4.07. The van der Waals surface area contributed by atoms with Gasteiger partial charge in [-0.3, -0.25) is 4.79 Å². The fraction of sp³-hybridized carbons (Fsp3) is 0.500. The number of carbonyl (C=O) groups excluding carboxylic acids is 1. The van der Waals surface area contributed by atoms with Crippen LogP contribution in [0.2, 0.25) is 0 Å². The molecule has 1 fully saturated rings. The van der Waals surface area contributed by atoms with E-state index in [9.17, 15) is 9.18 Å². The van der Waals surface area contributed by atoms with Crippen LogP contribution in [-0.2, 0) is 4.79 Å². The SMILES string of the molecule is CCN(C(=O)C1CC1(Cl)Cl)C(C)c1ccc(F)cc1. The predicted octanol–water partition coefficient (Wildman–Crippen LogP) is 3.93. The van der Waals surface area contributed by atoms with Crippen LogP contribution in [0.25, 0.3) is 0 Å². The third-order valence-electron chi connectivity index (χ3n) is 3.57. The molecule has 1 aromatic rings. The van der Waals surface area contributed by atoms with E-state index in [1.807, 2.05) is 13.8 Å². The summed E-state index contributed by atoms with van der Waals surface area (Å²) in [7, 11) is 0. The van der Waals surface area contributed by atoms with Gasteiger partial charge in [-0.2, -0.15) is 0 Å². The summed E-state index contributed by atoms with van der Waals surface area (Å²) in [5, 5.41) is 0. The summed E-state index contributed by atoms with van der Waals surface area (Å²) in [6, 6.07) is 6.06. The summed E-state index contributed by atoms with van der Waals surface area (Å²) in [5.74, 6) is -0.643. The van der Waals surface area contributed by atoms with Crippen molar-refractivity contribution in [2.24, 2.45) is 5.92 Å². The van der Waals surface area contributed by atoms with E-state index < -0.39 is 4.33 Å². The van der Waals surface area contributed by atoms with Crippen molar-refractivity contribution < 1.29 is 9.18 Å². The lowest BCUT2D eigenvalue weighted by atomic mass is 10.1. The molecule has 1 saturated carbocycles. The Bertz CT molecular complexity index is 475. The van der Waals surface area contributed by atoms with E-state index in [4.69, 9.17) is 23.2 Å². The maximum Gasteiger partial charge on any atom is 0.229 e. The zero-order valence-corrected chi connectivity index (χ0v) is 12.4. The molecule has 1 aliphatic carbocycles. The van der Waals surface area contributed by atoms with Crippen molar-refractivity contribution in [1.29, 1.82) is 0 Å². The summed E-state index contributed by atoms with van der Waals surface area (Å²) in [6.45, 7) is 4.39. The van der Waals surface area contributed by atoms with Crippen LogP contribution in [0, 0.1) is 11.7 Å². The number of alkyl halides is 2. The van der Waals surface area contributed by atoms with E-state index in [0.29, 0.717) is 13.0 Å². The third-order valence-corrected chi connectivity index (χ3v) is 4.40. The molecule has 0 saturated heterocycles. The van der Waals surface area contributed by atoms with Gasteiger partial charge in [-0.15, -0.1) is 23.2 Å². The number of hydrogen-bond donors (Lipinski definition) is 0. The Labute approximate surface area is 122 Å². The lowest BCUT2D eigenvalue weighted by Crippen LogP contribution is -2.35. The van der Waals surface area contributed by atoms with Crippen LogP contribution < -0.4 is 0 Å². The van der Waals surface area contributed by atoms with Crippen molar-refractivity contribution in [3.63, 3.8) is 0 Å². The van der Waals surface area contributed by atoms with Gasteiger partial charge in [0.1, 0.15) is 10.2 Å². The molecule has 0 spiro atoms. The smallest absolute Gasteiger partial charge is 0.229 e. The average molecular weight is 304 g/mol. The fourth-order valence-corrected chi connectivity index (χ4v) is 2.72. The maximum atomic E-state index is 12.9. The number of halogens is 3. The molecule has 0 bridgehead atoms. The first kappa shape index (κ1) is 14.6. The molecule has 1 amide bonds. The molecule has 5 heteroatoms. The highest BCUT2D eigenvalue weighted by Gasteiger charge is 2.57. The second kappa shape index (κ2) is 5.29. The Morgan fingerprint density at radius 1 is 1.47 bits per heavy atom. The van der Waals surface area contributed by atoms with E-state index in [1.165, 1.54) is 12.1 Å². The van der Waals surface area contributed by atoms with Gasteiger partial charge in [-0.05, 0) is 38.0 Å². The van der Waals surface area contributed by atoms with E-state index in [1.54, 1.807) is 17.0 Å². The largest absolute Gasteiger partial charge is 0.336 e. The minimum Gasteiger partial charge on any atom is -0.336 e. The molecule has 0 aromatic heterocycles. The first-order chi connectivity index (χ1) is 8.86. The van der Waals surface area contributed by atoms with Crippen LogP contribution in [0.1, 0.15) is 31.9 Å². The molecule has 104 valence electrons. The third kappa shape index (κ3) is 3.03. The van der Waals surface area contributed by atoms with Crippen LogP contribution in [0.3, 0.4) is 0 Å². The second-order valence-electron chi connectivity index (χ2n) is 4.87. The van der Waals surface area contributed by atoms with Gasteiger partial charge in [0.05, 0.1) is 12.0 Å². The van der Waals surface area contributed by atoms with Crippen molar-refractivity contribution in [3.8, 4) is 0 Å². The second-order valence-corrected chi connectivity index (χ2v) is 6.41. The van der Waals surface area contributed by atoms with E-state index in [0.717, 1.165) is 5.56 Å². The van der Waals surface area contributed by atoms with Crippen LogP contribution in [-0.4, -0.2) is 21.7 Å². The normalized spacial score (nSPS) is 21.8. The fourth-order valence-electron chi connectivity index (χ4n) is 2.22. The van der Waals surface area contributed by atoms with Crippen molar-refractivity contribution >= 4 is 29.1 Å². The molecule has 1 aliphatic rings. The molecule has 2 atom stereocenters. The van der Waals surface area contributed by atoms with Crippen molar-refractivity contribution in [2.45, 2.75) is 30.6 Å². The highest BCUT2D eigenvalue weighted by molar-refractivity contribution is 6.52. The first-order valence-electron chi connectivity index (χ1n) is 6.30. The van der Waals surface area contributed by atoms with Gasteiger partial charge in [0.25, 0.3) is 0 Å². The van der Waals surface area contributed by atoms with E-state index >= 15 is 0 Å². The zero-order valence-electron chi connectivity index (χ0n) is 10.9. The summed E-state index contributed by atoms with van der Waals surface area (Å²) in [4.78, 5) is 14.0. The summed E-state index contributed by atoms with van der Waals surface area (Å²) in [5.41, 5.74) is 0.895. The summed E-state index contributed by atoms with van der Waals surface area (Å²) < 4.78 is 12.0. The predicted molar refractivity (Wildman–Crippen MR) is 74.7 cm³/mol. The molecular formula is C14H16Cl2FNO. The average Bonchev–Trinajstić information content (AvgIpc) is 3.00. The van der Waals surface area contributed by atoms with Gasteiger partial charge in [-0.1, -0.05) is 12.1 Å². The highest BCUT2D eigenvalue weighted by atomic mass is 35.5. The van der Waals surface area contributed by atoms with Gasteiger partial charge in [0.15, 0.2) is 0 Å². The Hall–Kier alpha value is -0.800. The molecule has 2 nitrogen and oxygen atoms in total. The Balaban J connectivity index is 2.13. The number of nitrogens with zero attached hydrogens (tertiary/aromatic N) is 1. The molecule has 1 aromatic carbocycles. The minimum absolute atomic E-state index is 0.0377. The van der Waals surface area contributed by atoms with Crippen LogP contribution >= 0.6 is 23.2 Å². The monoisotopic (exact) mass is 303 g/mol. The molecule has 2 unspecified atom stereocenters. The topological polar surface area (TPSA) is 20.3 Å². The number of hydrogen-bond acceptors (Lipinski definition) is 1. The molecule has 0 radical (unpaired) electrons. The van der Waals surface area contributed by atoms with Crippen molar-refractivity contribution in [2.75, 3.05) is 6.54 Å². The van der Waals surface area contributed by atoms with Gasteiger partial charge in [0, 0.05) is 6.54 Å². The number of amides is 1. The van der Waals surface area contributed by atoms with E-state index in [2.05, 4.69) is 0 Å². The number of rotatable bonds is 4. The zero-order chi connectivity index (χ0) is 14.2. The lowest BCUT2D eigenvalue weighted by molar-refractivity contribution is -0.134. The highest BCUT2D eigenvalue weighted by Crippen LogP contribution is 2.54. The quantitative estimate of drug-likeness (QED) is 0.772. The lowest BCUT2D eigenvalue weighted by Gasteiger charge is -2.29. The van der Waals surface area contributed by atoms with Crippen LogP contribution in [0.4, 0.5) is 4.39 Å². The standard InChI is InChI=1S/C14H16Cl2FNO/c1-3-18(13(19)12-8-14(12,15)16)9(2)10-4-6-11(17)7-5-10/h4-7,9,12H,3,8H2,1-2H3. The van der Waals surface area contributed by atoms with Gasteiger partial charge in [-0.25, -0.2) is 4.39 Å². The minimum atomic E-state index is -0.910. The summed E-state index contributed by atoms with van der Waals surface area (Å²) in [6.07, 6.45) is 0.502. The molecular weight excluding hydrogens is 288 g/mol. The Morgan fingerprint density at radius 2 is 2.00 bits per heavy atom. The van der Waals surface area contributed by atoms with E-state index in [-0.39, 0.29) is 23.7 Å². The molecule has 0 aliphatic heterocycles. The molecule has 0 heterocycles. The maximum absolute atomic E-state index is 12.9. The van der Waals surface area contributed by atoms with Gasteiger partial charge in [0.2, 0.25) is 5.91 Å². The molecule has 19 heavy (non-hydrogen) atoms. The molecule has 2 rings (SSSR count). The van der Waals surface area contributed by atoms with Gasteiger partial charge >= 0.3 is 0 Å². The van der Waals surface area contributed by atoms with Gasteiger partial charge < -0.3 is 4.90 Å². The number of benzene rings is 1.